The Morgan fingerprint density at radius 3 is 2.47 bits per heavy atom. The highest BCUT2D eigenvalue weighted by molar-refractivity contribution is 6.09. The van der Waals surface area contributed by atoms with Gasteiger partial charge in [-0.1, -0.05) is 6.07 Å². The zero-order valence-corrected chi connectivity index (χ0v) is 7.80. The van der Waals surface area contributed by atoms with Crippen LogP contribution in [0.3, 0.4) is 0 Å². The summed E-state index contributed by atoms with van der Waals surface area (Å²) in [7, 11) is 0. The van der Waals surface area contributed by atoms with Crippen molar-refractivity contribution in [1.82, 2.24) is 0 Å². The van der Waals surface area contributed by atoms with Crippen LogP contribution in [0.2, 0.25) is 0 Å². The van der Waals surface area contributed by atoms with E-state index in [-0.39, 0.29) is 0 Å². The Hall–Kier alpha value is -1.71. The van der Waals surface area contributed by atoms with E-state index in [9.17, 15) is 13.6 Å². The van der Waals surface area contributed by atoms with Crippen molar-refractivity contribution in [3.8, 4) is 0 Å². The molecule has 0 aromatic heterocycles. The van der Waals surface area contributed by atoms with E-state index in [2.05, 4.69) is 0 Å². The van der Waals surface area contributed by atoms with Gasteiger partial charge in [-0.05, 0) is 12.1 Å². The maximum Gasteiger partial charge on any atom is 0.198 e. The molecule has 0 saturated carbocycles. The van der Waals surface area contributed by atoms with Gasteiger partial charge in [-0.25, -0.2) is 8.78 Å². The third kappa shape index (κ3) is 1.75. The summed E-state index contributed by atoms with van der Waals surface area (Å²) in [4.78, 5) is 11.7. The highest BCUT2D eigenvalue weighted by Gasteiger charge is 2.22. The van der Waals surface area contributed by atoms with E-state index in [1.54, 1.807) is 0 Å². The van der Waals surface area contributed by atoms with Crippen molar-refractivity contribution < 1.29 is 18.3 Å². The van der Waals surface area contributed by atoms with Gasteiger partial charge in [-0.2, -0.15) is 0 Å². The predicted octanol–water partition coefficient (Wildman–Crippen LogP) is 2.45. The molecule has 1 heterocycles. The third-order valence-electron chi connectivity index (χ3n) is 2.20. The molecule has 0 spiro atoms. The van der Waals surface area contributed by atoms with Crippen molar-refractivity contribution in [2.45, 2.75) is 6.42 Å². The van der Waals surface area contributed by atoms with Crippen LogP contribution in [0.5, 0.6) is 0 Å². The molecule has 2 rings (SSSR count). The molecule has 0 fully saturated rings. The van der Waals surface area contributed by atoms with Gasteiger partial charge in [0.15, 0.2) is 5.78 Å². The second kappa shape index (κ2) is 3.81. The number of Topliss-reactive ketones (excluding diaryl/α,β-unsaturated/α-hetero) is 1. The minimum Gasteiger partial charge on any atom is -0.500 e. The number of hydrogen-bond acceptors (Lipinski definition) is 2. The van der Waals surface area contributed by atoms with Gasteiger partial charge in [-0.15, -0.1) is 0 Å². The van der Waals surface area contributed by atoms with Gasteiger partial charge >= 0.3 is 0 Å². The van der Waals surface area contributed by atoms with E-state index in [1.165, 1.54) is 12.3 Å². The number of halogens is 2. The topological polar surface area (TPSA) is 26.3 Å². The van der Waals surface area contributed by atoms with Crippen LogP contribution in [0.25, 0.3) is 0 Å². The second-order valence-corrected chi connectivity index (χ2v) is 3.19. The number of hydrogen-bond donors (Lipinski definition) is 0. The molecule has 0 bridgehead atoms. The van der Waals surface area contributed by atoms with Crippen LogP contribution in [-0.4, -0.2) is 12.4 Å². The standard InChI is InChI=1S/C11H8F2O2/c12-8-2-1-3-9(13)10(8)11(14)7-4-5-15-6-7/h1-3,6H,4-5H2. The highest BCUT2D eigenvalue weighted by Crippen LogP contribution is 2.20. The van der Waals surface area contributed by atoms with Crippen molar-refractivity contribution in [1.29, 1.82) is 0 Å². The van der Waals surface area contributed by atoms with Crippen LogP contribution in [-0.2, 0) is 4.74 Å². The maximum atomic E-state index is 13.2. The first-order valence-corrected chi connectivity index (χ1v) is 4.49. The van der Waals surface area contributed by atoms with Crippen LogP contribution in [0, 0.1) is 11.6 Å². The van der Waals surface area contributed by atoms with Crippen LogP contribution < -0.4 is 0 Å². The number of benzene rings is 1. The Labute approximate surface area is 85.2 Å². The van der Waals surface area contributed by atoms with Gasteiger partial charge in [0.05, 0.1) is 18.4 Å². The summed E-state index contributed by atoms with van der Waals surface area (Å²) in [5, 5.41) is 0. The van der Waals surface area contributed by atoms with Crippen LogP contribution in [0.15, 0.2) is 30.0 Å². The lowest BCUT2D eigenvalue weighted by molar-refractivity contribution is 0.102. The summed E-state index contributed by atoms with van der Waals surface area (Å²) < 4.78 is 31.3. The number of ether oxygens (including phenoxy) is 1. The second-order valence-electron chi connectivity index (χ2n) is 3.19. The van der Waals surface area contributed by atoms with E-state index >= 15 is 0 Å². The predicted molar refractivity (Wildman–Crippen MR) is 49.3 cm³/mol. The van der Waals surface area contributed by atoms with Gasteiger partial charge < -0.3 is 4.74 Å². The molecular weight excluding hydrogens is 202 g/mol. The number of carbonyl (C=O) groups is 1. The van der Waals surface area contributed by atoms with E-state index in [1.807, 2.05) is 0 Å². The lowest BCUT2D eigenvalue weighted by atomic mass is 10.0. The van der Waals surface area contributed by atoms with Gasteiger partial charge in [-0.3, -0.25) is 4.79 Å². The summed E-state index contributed by atoms with van der Waals surface area (Å²) >= 11 is 0. The molecule has 4 heteroatoms. The first kappa shape index (κ1) is 9.83. The van der Waals surface area contributed by atoms with E-state index in [0.717, 1.165) is 12.1 Å². The Morgan fingerprint density at radius 1 is 1.27 bits per heavy atom. The Kier molecular flexibility index (Phi) is 2.49. The van der Waals surface area contributed by atoms with Gasteiger partial charge in [0.25, 0.3) is 0 Å². The summed E-state index contributed by atoms with van der Waals surface area (Å²) in [6, 6.07) is 3.35. The Morgan fingerprint density at radius 2 is 1.93 bits per heavy atom. The largest absolute Gasteiger partial charge is 0.500 e. The molecule has 1 aliphatic rings. The molecule has 78 valence electrons. The van der Waals surface area contributed by atoms with Gasteiger partial charge in [0.2, 0.25) is 0 Å². The zero-order chi connectivity index (χ0) is 10.8. The average Bonchev–Trinajstić information content (AvgIpc) is 2.69. The molecule has 0 saturated heterocycles. The molecule has 0 aliphatic carbocycles. The van der Waals surface area contributed by atoms with E-state index in [0.29, 0.717) is 18.6 Å². The van der Waals surface area contributed by atoms with Crippen molar-refractivity contribution in [3.05, 3.63) is 47.2 Å². The fourth-order valence-corrected chi connectivity index (χ4v) is 1.43. The maximum absolute atomic E-state index is 13.2. The summed E-state index contributed by atoms with van der Waals surface area (Å²) in [6.45, 7) is 0.386. The first-order valence-electron chi connectivity index (χ1n) is 4.49. The molecule has 1 aromatic carbocycles. The van der Waals surface area contributed by atoms with E-state index in [4.69, 9.17) is 4.74 Å². The highest BCUT2D eigenvalue weighted by atomic mass is 19.1. The molecule has 0 unspecified atom stereocenters. The Balaban J connectivity index is 2.41. The smallest absolute Gasteiger partial charge is 0.198 e. The summed E-state index contributed by atoms with van der Waals surface area (Å²) in [5.41, 5.74) is -0.201. The fourth-order valence-electron chi connectivity index (χ4n) is 1.43. The molecule has 1 aromatic rings. The summed E-state index contributed by atoms with van der Waals surface area (Å²) in [6.07, 6.45) is 1.65. The van der Waals surface area contributed by atoms with Crippen molar-refractivity contribution >= 4 is 5.78 Å². The fraction of sp³-hybridized carbons (Fsp3) is 0.182. The summed E-state index contributed by atoms with van der Waals surface area (Å²) in [5.74, 6) is -2.32. The lowest BCUT2D eigenvalue weighted by Gasteiger charge is -2.02. The van der Waals surface area contributed by atoms with Crippen LogP contribution in [0.4, 0.5) is 8.78 Å². The monoisotopic (exact) mass is 210 g/mol. The van der Waals surface area contributed by atoms with Gasteiger partial charge in [0, 0.05) is 12.0 Å². The van der Waals surface area contributed by atoms with Crippen LogP contribution >= 0.6 is 0 Å². The van der Waals surface area contributed by atoms with Gasteiger partial charge in [0.1, 0.15) is 11.6 Å². The van der Waals surface area contributed by atoms with E-state index < -0.39 is 23.0 Å². The molecule has 0 atom stereocenters. The number of carbonyl (C=O) groups excluding carboxylic acids is 1. The van der Waals surface area contributed by atoms with Crippen molar-refractivity contribution in [2.24, 2.45) is 0 Å². The minimum absolute atomic E-state index is 0.305. The first-order chi connectivity index (χ1) is 7.20. The molecule has 15 heavy (non-hydrogen) atoms. The molecule has 0 N–H and O–H groups in total. The molecular formula is C11H8F2O2. The van der Waals surface area contributed by atoms with Crippen molar-refractivity contribution in [3.63, 3.8) is 0 Å². The number of rotatable bonds is 2. The number of ketones is 1. The molecule has 2 nitrogen and oxygen atoms in total. The Bertz CT molecular complexity index is 418. The SMILES string of the molecule is O=C(C1=COCC1)c1c(F)cccc1F. The van der Waals surface area contributed by atoms with Crippen molar-refractivity contribution in [2.75, 3.05) is 6.61 Å². The van der Waals surface area contributed by atoms with Crippen LogP contribution in [0.1, 0.15) is 16.8 Å². The zero-order valence-electron chi connectivity index (χ0n) is 7.80. The lowest BCUT2D eigenvalue weighted by Crippen LogP contribution is -2.07. The minimum atomic E-state index is -0.840. The molecule has 1 aliphatic heterocycles. The average molecular weight is 210 g/mol. The normalized spacial score (nSPS) is 14.7. The third-order valence-corrected chi connectivity index (χ3v) is 2.20. The molecule has 0 radical (unpaired) electrons. The molecule has 0 amide bonds. The quantitative estimate of drug-likeness (QED) is 0.701.